The average molecular weight is 366 g/mol. The van der Waals surface area contributed by atoms with E-state index in [1.807, 2.05) is 17.4 Å². The molecule has 21 heavy (non-hydrogen) atoms. The van der Waals surface area contributed by atoms with E-state index in [0.29, 0.717) is 12.8 Å². The number of ether oxygens (including phenoxy) is 2. The maximum absolute atomic E-state index is 5.46. The van der Waals surface area contributed by atoms with E-state index in [0.717, 1.165) is 22.5 Å². The minimum atomic E-state index is 0.319. The van der Waals surface area contributed by atoms with E-state index >= 15 is 0 Å². The van der Waals surface area contributed by atoms with Crippen molar-refractivity contribution < 1.29 is 9.47 Å². The summed E-state index contributed by atoms with van der Waals surface area (Å²) in [6, 6.07) is 6.80. The van der Waals surface area contributed by atoms with Gasteiger partial charge in [-0.1, -0.05) is 15.9 Å². The smallest absolute Gasteiger partial charge is 0.231 e. The second kappa shape index (κ2) is 5.63. The summed E-state index contributed by atoms with van der Waals surface area (Å²) in [6.45, 7) is 1.15. The molecule has 1 aromatic carbocycles. The van der Waals surface area contributed by atoms with Crippen molar-refractivity contribution in [2.24, 2.45) is 0 Å². The first-order chi connectivity index (χ1) is 10.3. The first kappa shape index (κ1) is 13.6. The van der Waals surface area contributed by atoms with E-state index in [1.54, 1.807) is 4.88 Å². The van der Waals surface area contributed by atoms with Crippen molar-refractivity contribution in [3.63, 3.8) is 0 Å². The van der Waals surface area contributed by atoms with Crippen LogP contribution in [0.5, 0.6) is 11.5 Å². The van der Waals surface area contributed by atoms with Gasteiger partial charge in [0.1, 0.15) is 0 Å². The Bertz CT molecular complexity index is 670. The summed E-state index contributed by atoms with van der Waals surface area (Å²) in [5, 5.41) is 5.90. The lowest BCUT2D eigenvalue weighted by atomic mass is 9.94. The topological polar surface area (TPSA) is 30.5 Å². The van der Waals surface area contributed by atoms with E-state index in [1.165, 1.54) is 30.4 Å². The Morgan fingerprint density at radius 1 is 1.29 bits per heavy atom. The van der Waals surface area contributed by atoms with Crippen LogP contribution in [0.2, 0.25) is 0 Å². The number of nitrogens with one attached hydrogen (secondary N) is 1. The molecule has 0 bridgehead atoms. The van der Waals surface area contributed by atoms with Crippen LogP contribution in [-0.2, 0) is 13.0 Å². The van der Waals surface area contributed by atoms with Crippen LogP contribution in [0, 0.1) is 0 Å². The molecule has 1 aliphatic carbocycles. The van der Waals surface area contributed by atoms with Gasteiger partial charge in [-0.3, -0.25) is 0 Å². The maximum atomic E-state index is 5.46. The van der Waals surface area contributed by atoms with Crippen LogP contribution in [0.4, 0.5) is 0 Å². The molecule has 5 heteroatoms. The fourth-order valence-electron chi connectivity index (χ4n) is 3.03. The Kier molecular flexibility index (Phi) is 3.65. The summed E-state index contributed by atoms with van der Waals surface area (Å²) < 4.78 is 11.9. The molecule has 4 rings (SSSR count). The second-order valence-corrected chi connectivity index (χ2v) is 7.28. The van der Waals surface area contributed by atoms with Crippen LogP contribution in [0.1, 0.15) is 34.9 Å². The number of aryl methyl sites for hydroxylation is 1. The summed E-state index contributed by atoms with van der Waals surface area (Å²) in [5.41, 5.74) is 2.70. The van der Waals surface area contributed by atoms with Crippen LogP contribution in [-0.4, -0.2) is 6.79 Å². The third kappa shape index (κ3) is 2.58. The Morgan fingerprint density at radius 3 is 3.05 bits per heavy atom. The number of halogens is 1. The largest absolute Gasteiger partial charge is 0.454 e. The zero-order valence-corrected chi connectivity index (χ0v) is 13.9. The number of fused-ring (bicyclic) bond motifs is 2. The van der Waals surface area contributed by atoms with Gasteiger partial charge in [-0.25, -0.2) is 0 Å². The van der Waals surface area contributed by atoms with Crippen LogP contribution in [0.25, 0.3) is 0 Å². The minimum absolute atomic E-state index is 0.319. The Labute approximate surface area is 136 Å². The van der Waals surface area contributed by atoms with Gasteiger partial charge in [0.15, 0.2) is 11.5 Å². The van der Waals surface area contributed by atoms with Gasteiger partial charge in [0.25, 0.3) is 0 Å². The van der Waals surface area contributed by atoms with E-state index in [9.17, 15) is 0 Å². The van der Waals surface area contributed by atoms with Crippen molar-refractivity contribution in [2.45, 2.75) is 31.8 Å². The van der Waals surface area contributed by atoms with Gasteiger partial charge in [0.2, 0.25) is 6.79 Å². The molecule has 3 nitrogen and oxygen atoms in total. The normalized spacial score (nSPS) is 19.6. The summed E-state index contributed by atoms with van der Waals surface area (Å²) in [6.07, 6.45) is 3.72. The number of hydrogen-bond acceptors (Lipinski definition) is 4. The predicted molar refractivity (Wildman–Crippen MR) is 87.1 cm³/mol. The van der Waals surface area contributed by atoms with Crippen LogP contribution >= 0.6 is 27.3 Å². The van der Waals surface area contributed by atoms with Crippen molar-refractivity contribution in [1.29, 1.82) is 0 Å². The first-order valence-electron chi connectivity index (χ1n) is 7.19. The molecule has 0 amide bonds. The SMILES string of the molecule is Brc1cc2c(cc1CNC1CCCc3sccc31)OCO2. The lowest BCUT2D eigenvalue weighted by Crippen LogP contribution is -2.24. The summed E-state index contributed by atoms with van der Waals surface area (Å²) in [7, 11) is 0. The highest BCUT2D eigenvalue weighted by atomic mass is 79.9. The van der Waals surface area contributed by atoms with Crippen molar-refractivity contribution >= 4 is 27.3 Å². The molecular formula is C16H16BrNO2S. The molecule has 1 unspecified atom stereocenters. The van der Waals surface area contributed by atoms with Crippen molar-refractivity contribution in [3.8, 4) is 11.5 Å². The van der Waals surface area contributed by atoms with Gasteiger partial charge >= 0.3 is 0 Å². The molecule has 0 radical (unpaired) electrons. The molecular weight excluding hydrogens is 350 g/mol. The second-order valence-electron chi connectivity index (χ2n) is 5.42. The summed E-state index contributed by atoms with van der Waals surface area (Å²) in [5.74, 6) is 1.67. The van der Waals surface area contributed by atoms with Crippen molar-refractivity contribution in [3.05, 3.63) is 44.1 Å². The molecule has 0 saturated heterocycles. The lowest BCUT2D eigenvalue weighted by molar-refractivity contribution is 0.174. The summed E-state index contributed by atoms with van der Waals surface area (Å²) >= 11 is 5.51. The molecule has 2 aromatic rings. The summed E-state index contributed by atoms with van der Waals surface area (Å²) in [4.78, 5) is 1.54. The highest BCUT2D eigenvalue weighted by Gasteiger charge is 2.22. The quantitative estimate of drug-likeness (QED) is 0.873. The van der Waals surface area contributed by atoms with E-state index in [-0.39, 0.29) is 0 Å². The molecule has 1 atom stereocenters. The highest BCUT2D eigenvalue weighted by molar-refractivity contribution is 9.10. The molecule has 1 aliphatic heterocycles. The van der Waals surface area contributed by atoms with E-state index in [4.69, 9.17) is 9.47 Å². The van der Waals surface area contributed by atoms with Crippen molar-refractivity contribution in [2.75, 3.05) is 6.79 Å². The molecule has 1 N–H and O–H groups in total. The third-order valence-electron chi connectivity index (χ3n) is 4.13. The molecule has 0 fully saturated rings. The molecule has 0 saturated carbocycles. The van der Waals surface area contributed by atoms with Gasteiger partial charge < -0.3 is 14.8 Å². The first-order valence-corrected chi connectivity index (χ1v) is 8.86. The Hall–Kier alpha value is -1.04. The Morgan fingerprint density at radius 2 is 2.14 bits per heavy atom. The van der Waals surface area contributed by atoms with Gasteiger partial charge in [-0.15, -0.1) is 11.3 Å². The number of benzene rings is 1. The monoisotopic (exact) mass is 365 g/mol. The number of thiophene rings is 1. The number of hydrogen-bond donors (Lipinski definition) is 1. The third-order valence-corrected chi connectivity index (χ3v) is 5.87. The molecule has 2 heterocycles. The van der Waals surface area contributed by atoms with Gasteiger partial charge in [-0.2, -0.15) is 0 Å². The van der Waals surface area contributed by atoms with E-state index in [2.05, 4.69) is 38.8 Å². The zero-order valence-electron chi connectivity index (χ0n) is 11.5. The predicted octanol–water partition coefficient (Wildman–Crippen LogP) is 4.41. The maximum Gasteiger partial charge on any atom is 0.231 e. The Balaban J connectivity index is 1.51. The zero-order chi connectivity index (χ0) is 14.2. The van der Waals surface area contributed by atoms with Crippen LogP contribution in [0.3, 0.4) is 0 Å². The standard InChI is InChI=1S/C16H16BrNO2S/c17-12-7-15-14(19-9-20-15)6-10(12)8-18-13-2-1-3-16-11(13)4-5-21-16/h4-7,13,18H,1-3,8-9H2. The van der Waals surface area contributed by atoms with Gasteiger partial charge in [0.05, 0.1) is 0 Å². The minimum Gasteiger partial charge on any atom is -0.454 e. The van der Waals surface area contributed by atoms with Gasteiger partial charge in [0, 0.05) is 21.9 Å². The fraction of sp³-hybridized carbons (Fsp3) is 0.375. The average Bonchev–Trinajstić information content (AvgIpc) is 3.12. The molecule has 0 spiro atoms. The van der Waals surface area contributed by atoms with Crippen molar-refractivity contribution in [1.82, 2.24) is 5.32 Å². The van der Waals surface area contributed by atoms with Crippen LogP contribution < -0.4 is 14.8 Å². The fourth-order valence-corrected chi connectivity index (χ4v) is 4.48. The van der Waals surface area contributed by atoms with Crippen LogP contribution in [0.15, 0.2) is 28.1 Å². The van der Waals surface area contributed by atoms with Gasteiger partial charge in [-0.05, 0) is 54.0 Å². The molecule has 110 valence electrons. The molecule has 1 aromatic heterocycles. The highest BCUT2D eigenvalue weighted by Crippen LogP contribution is 2.38. The lowest BCUT2D eigenvalue weighted by Gasteiger charge is -2.24. The number of rotatable bonds is 3. The molecule has 2 aliphatic rings. The van der Waals surface area contributed by atoms with E-state index < -0.39 is 0 Å².